The van der Waals surface area contributed by atoms with Crippen molar-refractivity contribution in [3.8, 4) is 0 Å². The first kappa shape index (κ1) is 17.5. The molecule has 1 atom stereocenters. The maximum atomic E-state index is 12.7. The molecule has 1 heterocycles. The molecule has 0 radical (unpaired) electrons. The lowest BCUT2D eigenvalue weighted by Gasteiger charge is -2.25. The number of aliphatic hydroxyl groups is 1. The van der Waals surface area contributed by atoms with E-state index < -0.39 is 30.7 Å². The van der Waals surface area contributed by atoms with E-state index in [-0.39, 0.29) is 25.2 Å². The summed E-state index contributed by atoms with van der Waals surface area (Å²) in [5, 5.41) is 9.54. The van der Waals surface area contributed by atoms with Gasteiger partial charge in [-0.1, -0.05) is 29.8 Å². The molecule has 1 saturated heterocycles. The van der Waals surface area contributed by atoms with Crippen LogP contribution in [-0.2, 0) is 4.79 Å². The van der Waals surface area contributed by atoms with Crippen LogP contribution in [0.25, 0.3) is 0 Å². The van der Waals surface area contributed by atoms with Crippen LogP contribution in [0, 0.1) is 6.92 Å². The van der Waals surface area contributed by atoms with E-state index in [0.717, 1.165) is 10.5 Å². The van der Waals surface area contributed by atoms with Crippen molar-refractivity contribution >= 4 is 11.7 Å². The Morgan fingerprint density at radius 3 is 2.35 bits per heavy atom. The van der Waals surface area contributed by atoms with Gasteiger partial charge in [0, 0.05) is 31.4 Å². The van der Waals surface area contributed by atoms with Gasteiger partial charge in [0.25, 0.3) is 0 Å². The molecule has 23 heavy (non-hydrogen) atoms. The van der Waals surface area contributed by atoms with Gasteiger partial charge in [-0.15, -0.1) is 0 Å². The number of amides is 1. The topological polar surface area (TPSA) is 57.6 Å². The Labute approximate surface area is 131 Å². The van der Waals surface area contributed by atoms with E-state index in [1.807, 2.05) is 6.92 Å². The Morgan fingerprint density at radius 1 is 1.22 bits per heavy atom. The van der Waals surface area contributed by atoms with Crippen LogP contribution < -0.4 is 0 Å². The van der Waals surface area contributed by atoms with Crippen LogP contribution in [0.1, 0.15) is 35.2 Å². The summed E-state index contributed by atoms with van der Waals surface area (Å²) >= 11 is 0. The number of halogens is 3. The average Bonchev–Trinajstić information content (AvgIpc) is 2.89. The predicted octanol–water partition coefficient (Wildman–Crippen LogP) is 2.48. The van der Waals surface area contributed by atoms with Crippen LogP contribution in [0.15, 0.2) is 24.3 Å². The van der Waals surface area contributed by atoms with Crippen LogP contribution in [0.4, 0.5) is 13.2 Å². The number of aryl methyl sites for hydroxylation is 1. The molecule has 0 bridgehead atoms. The summed E-state index contributed by atoms with van der Waals surface area (Å²) in [7, 11) is 0. The minimum Gasteiger partial charge on any atom is -0.379 e. The fraction of sp³-hybridized carbons (Fsp3) is 0.500. The first-order chi connectivity index (χ1) is 10.6. The van der Waals surface area contributed by atoms with E-state index in [9.17, 15) is 27.9 Å². The van der Waals surface area contributed by atoms with Crippen LogP contribution in [0.2, 0.25) is 0 Å². The number of β-amino-alcohol motifs (C(OH)–C–C–N with tert-alkyl or cyclic N) is 1. The molecule has 1 aliphatic heterocycles. The molecule has 7 heteroatoms. The van der Waals surface area contributed by atoms with Gasteiger partial charge < -0.3 is 10.0 Å². The van der Waals surface area contributed by atoms with Crippen LogP contribution >= 0.6 is 0 Å². The van der Waals surface area contributed by atoms with E-state index in [1.54, 1.807) is 24.3 Å². The first-order valence-electron chi connectivity index (χ1n) is 7.29. The lowest BCUT2D eigenvalue weighted by Crippen LogP contribution is -2.48. The zero-order valence-corrected chi connectivity index (χ0v) is 12.7. The molecule has 2 rings (SSSR count). The van der Waals surface area contributed by atoms with Crippen LogP contribution in [0.3, 0.4) is 0 Å². The Hall–Kier alpha value is -1.89. The number of Topliss-reactive ketones (excluding diaryl/α,β-unsaturated/α-hetero) is 1. The normalized spacial score (nSPS) is 21.5. The Balaban J connectivity index is 1.89. The molecule has 0 aromatic heterocycles. The van der Waals surface area contributed by atoms with E-state index in [1.165, 1.54) is 0 Å². The van der Waals surface area contributed by atoms with Gasteiger partial charge in [0.2, 0.25) is 5.91 Å². The zero-order chi connectivity index (χ0) is 17.3. The highest BCUT2D eigenvalue weighted by Crippen LogP contribution is 2.37. The standard InChI is InChI=1S/C16H18F3NO3/c1-11-2-4-12(5-3-11)13(21)6-7-14(22)20-9-8-15(23,10-20)16(17,18)19/h2-5,23H,6-10H2,1H3. The number of hydrogen-bond acceptors (Lipinski definition) is 3. The van der Waals surface area contributed by atoms with Gasteiger partial charge in [0.15, 0.2) is 11.4 Å². The number of carbonyl (C=O) groups excluding carboxylic acids is 2. The van der Waals surface area contributed by atoms with Gasteiger partial charge in [-0.25, -0.2) is 0 Å². The summed E-state index contributed by atoms with van der Waals surface area (Å²) in [6.45, 7) is 0.953. The van der Waals surface area contributed by atoms with Gasteiger partial charge in [-0.05, 0) is 6.92 Å². The zero-order valence-electron chi connectivity index (χ0n) is 12.7. The van der Waals surface area contributed by atoms with Crippen molar-refractivity contribution in [2.75, 3.05) is 13.1 Å². The van der Waals surface area contributed by atoms with Crippen molar-refractivity contribution < 1.29 is 27.9 Å². The lowest BCUT2D eigenvalue weighted by molar-refractivity contribution is -0.253. The lowest BCUT2D eigenvalue weighted by atomic mass is 10.0. The summed E-state index contributed by atoms with van der Waals surface area (Å²) in [6.07, 6.45) is -5.53. The number of ketones is 1. The van der Waals surface area contributed by atoms with E-state index in [2.05, 4.69) is 0 Å². The van der Waals surface area contributed by atoms with Crippen molar-refractivity contribution in [3.05, 3.63) is 35.4 Å². The van der Waals surface area contributed by atoms with Crippen LogP contribution in [0.5, 0.6) is 0 Å². The second kappa shape index (κ2) is 6.31. The second-order valence-corrected chi connectivity index (χ2v) is 5.88. The smallest absolute Gasteiger partial charge is 0.379 e. The molecule has 1 aliphatic rings. The first-order valence-corrected chi connectivity index (χ1v) is 7.29. The monoisotopic (exact) mass is 329 g/mol. The highest BCUT2D eigenvalue weighted by Gasteiger charge is 2.57. The molecular weight excluding hydrogens is 311 g/mol. The van der Waals surface area contributed by atoms with Gasteiger partial charge in [0.05, 0.1) is 6.54 Å². The molecule has 126 valence electrons. The SMILES string of the molecule is Cc1ccc(C(=O)CCC(=O)N2CCC(O)(C(F)(F)F)C2)cc1. The number of likely N-dealkylation sites (tertiary alicyclic amines) is 1. The maximum Gasteiger partial charge on any atom is 0.419 e. The summed E-state index contributed by atoms with van der Waals surface area (Å²) in [4.78, 5) is 24.9. The third kappa shape index (κ3) is 3.90. The van der Waals surface area contributed by atoms with Crippen molar-refractivity contribution in [2.24, 2.45) is 0 Å². The molecule has 0 aliphatic carbocycles. The quantitative estimate of drug-likeness (QED) is 0.864. The molecule has 0 spiro atoms. The molecule has 0 saturated carbocycles. The van der Waals surface area contributed by atoms with Crippen molar-refractivity contribution in [1.29, 1.82) is 0 Å². The summed E-state index contributed by atoms with van der Waals surface area (Å²) in [5.41, 5.74) is -1.37. The van der Waals surface area contributed by atoms with E-state index in [4.69, 9.17) is 0 Å². The molecule has 1 amide bonds. The van der Waals surface area contributed by atoms with Crippen molar-refractivity contribution in [2.45, 2.75) is 38.0 Å². The van der Waals surface area contributed by atoms with Gasteiger partial charge in [0.1, 0.15) is 0 Å². The van der Waals surface area contributed by atoms with Gasteiger partial charge in [-0.3, -0.25) is 9.59 Å². The second-order valence-electron chi connectivity index (χ2n) is 5.88. The van der Waals surface area contributed by atoms with Gasteiger partial charge in [-0.2, -0.15) is 13.2 Å². The molecule has 1 fully saturated rings. The number of alkyl halides is 3. The third-order valence-corrected chi connectivity index (χ3v) is 4.07. The molecule has 1 unspecified atom stereocenters. The highest BCUT2D eigenvalue weighted by molar-refractivity contribution is 5.98. The molecule has 1 aromatic rings. The summed E-state index contributed by atoms with van der Waals surface area (Å²) in [6, 6.07) is 6.86. The Kier molecular flexibility index (Phi) is 4.79. The Bertz CT molecular complexity index is 598. The van der Waals surface area contributed by atoms with Crippen LogP contribution in [-0.4, -0.2) is 46.6 Å². The van der Waals surface area contributed by atoms with Crippen molar-refractivity contribution in [1.82, 2.24) is 4.90 Å². The summed E-state index contributed by atoms with van der Waals surface area (Å²) < 4.78 is 38.1. The summed E-state index contributed by atoms with van der Waals surface area (Å²) in [5.74, 6) is -0.783. The fourth-order valence-electron chi connectivity index (χ4n) is 2.50. The number of rotatable bonds is 4. The maximum absolute atomic E-state index is 12.7. The molecule has 1 aromatic carbocycles. The Morgan fingerprint density at radius 2 is 1.83 bits per heavy atom. The molecule has 1 N–H and O–H groups in total. The predicted molar refractivity (Wildman–Crippen MR) is 76.9 cm³/mol. The number of benzene rings is 1. The fourth-order valence-corrected chi connectivity index (χ4v) is 2.50. The number of carbonyl (C=O) groups is 2. The van der Waals surface area contributed by atoms with Crippen molar-refractivity contribution in [3.63, 3.8) is 0 Å². The minimum absolute atomic E-state index is 0.0666. The van der Waals surface area contributed by atoms with E-state index in [0.29, 0.717) is 5.56 Å². The number of nitrogens with zero attached hydrogens (tertiary/aromatic N) is 1. The largest absolute Gasteiger partial charge is 0.419 e. The highest BCUT2D eigenvalue weighted by atomic mass is 19.4. The van der Waals surface area contributed by atoms with E-state index >= 15 is 0 Å². The molecule has 4 nitrogen and oxygen atoms in total. The minimum atomic E-state index is -4.76. The third-order valence-electron chi connectivity index (χ3n) is 4.07. The van der Waals surface area contributed by atoms with Gasteiger partial charge >= 0.3 is 6.18 Å². The number of hydrogen-bond donors (Lipinski definition) is 1. The molecular formula is C16H18F3NO3. The average molecular weight is 329 g/mol.